The van der Waals surface area contributed by atoms with E-state index in [0.717, 1.165) is 5.56 Å². The Morgan fingerprint density at radius 1 is 0.893 bits per heavy atom. The molecule has 0 saturated heterocycles. The van der Waals surface area contributed by atoms with E-state index in [0.29, 0.717) is 27.5 Å². The van der Waals surface area contributed by atoms with Crippen LogP contribution in [-0.2, 0) is 10.0 Å². The van der Waals surface area contributed by atoms with E-state index in [9.17, 15) is 13.2 Å². The fourth-order valence-electron chi connectivity index (χ4n) is 2.60. The maximum Gasteiger partial charge on any atom is 0.261 e. The number of carbonyl (C=O) groups excluding carboxylic acids is 1. The van der Waals surface area contributed by atoms with Crippen molar-refractivity contribution in [3.63, 3.8) is 0 Å². The number of hydrogen-bond donors (Lipinski definition) is 2. The monoisotopic (exact) mass is 414 g/mol. The summed E-state index contributed by atoms with van der Waals surface area (Å²) in [4.78, 5) is 12.6. The molecule has 0 aromatic heterocycles. The van der Waals surface area contributed by atoms with E-state index < -0.39 is 10.0 Å². The molecule has 28 heavy (non-hydrogen) atoms. The molecule has 3 rings (SSSR count). The molecule has 144 valence electrons. The lowest BCUT2D eigenvalue weighted by atomic mass is 10.1. The van der Waals surface area contributed by atoms with Gasteiger partial charge in [0.2, 0.25) is 0 Å². The molecule has 0 aliphatic carbocycles. The third-order valence-electron chi connectivity index (χ3n) is 4.19. The van der Waals surface area contributed by atoms with Crippen molar-refractivity contribution in [2.24, 2.45) is 0 Å². The fourth-order valence-corrected chi connectivity index (χ4v) is 3.91. The van der Waals surface area contributed by atoms with Gasteiger partial charge in [-0.25, -0.2) is 8.42 Å². The molecular weight excluding hydrogens is 396 g/mol. The van der Waals surface area contributed by atoms with Gasteiger partial charge in [0.15, 0.2) is 0 Å². The van der Waals surface area contributed by atoms with Crippen LogP contribution in [0, 0.1) is 13.8 Å². The van der Waals surface area contributed by atoms with Crippen LogP contribution in [0.15, 0.2) is 71.6 Å². The van der Waals surface area contributed by atoms with Crippen LogP contribution in [0.3, 0.4) is 0 Å². The third-order valence-corrected chi connectivity index (χ3v) is 5.90. The molecule has 0 fully saturated rings. The zero-order valence-electron chi connectivity index (χ0n) is 15.4. The molecule has 3 aromatic rings. The van der Waals surface area contributed by atoms with Crippen LogP contribution >= 0.6 is 11.6 Å². The second-order valence-electron chi connectivity index (χ2n) is 6.38. The number of benzene rings is 3. The first-order valence-corrected chi connectivity index (χ1v) is 10.4. The molecule has 0 heterocycles. The molecule has 1 amide bonds. The number of sulfonamides is 1. The molecule has 0 aliphatic rings. The van der Waals surface area contributed by atoms with Gasteiger partial charge in [-0.3, -0.25) is 9.52 Å². The molecule has 0 aliphatic heterocycles. The summed E-state index contributed by atoms with van der Waals surface area (Å²) in [7, 11) is -3.71. The molecule has 0 radical (unpaired) electrons. The Morgan fingerprint density at radius 2 is 1.57 bits per heavy atom. The molecule has 0 bridgehead atoms. The van der Waals surface area contributed by atoms with Crippen LogP contribution in [0.4, 0.5) is 11.4 Å². The Morgan fingerprint density at radius 3 is 2.21 bits per heavy atom. The topological polar surface area (TPSA) is 75.3 Å². The summed E-state index contributed by atoms with van der Waals surface area (Å²) in [5.74, 6) is -0.329. The highest BCUT2D eigenvalue weighted by Crippen LogP contribution is 2.24. The summed E-state index contributed by atoms with van der Waals surface area (Å²) in [6, 6.07) is 18.3. The maximum atomic E-state index is 12.6. The lowest BCUT2D eigenvalue weighted by Crippen LogP contribution is -2.15. The smallest absolute Gasteiger partial charge is 0.261 e. The molecule has 2 N–H and O–H groups in total. The van der Waals surface area contributed by atoms with Crippen molar-refractivity contribution in [3.8, 4) is 0 Å². The Bertz CT molecular complexity index is 1130. The molecule has 3 aromatic carbocycles. The quantitative estimate of drug-likeness (QED) is 0.616. The van der Waals surface area contributed by atoms with Crippen molar-refractivity contribution < 1.29 is 13.2 Å². The highest BCUT2D eigenvalue weighted by atomic mass is 35.5. The van der Waals surface area contributed by atoms with E-state index in [1.54, 1.807) is 73.7 Å². The first-order chi connectivity index (χ1) is 13.3. The van der Waals surface area contributed by atoms with Gasteiger partial charge >= 0.3 is 0 Å². The van der Waals surface area contributed by atoms with Crippen LogP contribution in [-0.4, -0.2) is 14.3 Å². The van der Waals surface area contributed by atoms with E-state index in [2.05, 4.69) is 10.0 Å². The summed E-state index contributed by atoms with van der Waals surface area (Å²) in [5, 5.41) is 3.18. The molecular formula is C21H19ClN2O3S. The van der Waals surface area contributed by atoms with Crippen molar-refractivity contribution >= 4 is 38.9 Å². The van der Waals surface area contributed by atoms with Crippen molar-refractivity contribution in [2.45, 2.75) is 18.7 Å². The van der Waals surface area contributed by atoms with E-state index in [-0.39, 0.29) is 10.8 Å². The summed E-state index contributed by atoms with van der Waals surface area (Å²) in [5.41, 5.74) is 2.92. The van der Waals surface area contributed by atoms with Crippen LogP contribution in [0.2, 0.25) is 5.02 Å². The number of hydrogen-bond acceptors (Lipinski definition) is 3. The number of anilines is 2. The summed E-state index contributed by atoms with van der Waals surface area (Å²) >= 11 is 6.06. The standard InChI is InChI=1S/C21H19ClN2O3S/c1-14-7-10-17(11-8-14)28(26,27)24-19-12-9-16(13-15(19)2)21(25)23-20-6-4-3-5-18(20)22/h3-13,24H,1-2H3,(H,23,25). The minimum atomic E-state index is -3.71. The summed E-state index contributed by atoms with van der Waals surface area (Å²) < 4.78 is 27.7. The Labute approximate surface area is 169 Å². The van der Waals surface area contributed by atoms with Gasteiger partial charge < -0.3 is 5.32 Å². The van der Waals surface area contributed by atoms with Crippen LogP contribution in [0.25, 0.3) is 0 Å². The summed E-state index contributed by atoms with van der Waals surface area (Å²) in [6.07, 6.45) is 0. The van der Waals surface area contributed by atoms with Crippen molar-refractivity contribution in [2.75, 3.05) is 10.0 Å². The highest BCUT2D eigenvalue weighted by molar-refractivity contribution is 7.92. The molecule has 0 atom stereocenters. The number of rotatable bonds is 5. The number of amides is 1. The van der Waals surface area contributed by atoms with E-state index in [4.69, 9.17) is 11.6 Å². The lowest BCUT2D eigenvalue weighted by molar-refractivity contribution is 0.102. The lowest BCUT2D eigenvalue weighted by Gasteiger charge is -2.13. The van der Waals surface area contributed by atoms with Gasteiger partial charge in [-0.2, -0.15) is 0 Å². The van der Waals surface area contributed by atoms with Gasteiger partial charge in [0, 0.05) is 5.56 Å². The molecule has 7 heteroatoms. The maximum absolute atomic E-state index is 12.6. The van der Waals surface area contributed by atoms with Gasteiger partial charge in [-0.05, 0) is 61.9 Å². The van der Waals surface area contributed by atoms with Crippen molar-refractivity contribution in [1.82, 2.24) is 0 Å². The highest BCUT2D eigenvalue weighted by Gasteiger charge is 2.16. The van der Waals surface area contributed by atoms with Gasteiger partial charge in [-0.15, -0.1) is 0 Å². The Kier molecular flexibility index (Phi) is 5.72. The van der Waals surface area contributed by atoms with Gasteiger partial charge in [-0.1, -0.05) is 41.4 Å². The Balaban J connectivity index is 1.79. The van der Waals surface area contributed by atoms with Crippen LogP contribution in [0.5, 0.6) is 0 Å². The first-order valence-electron chi connectivity index (χ1n) is 8.52. The molecule has 0 spiro atoms. The number of halogens is 1. The number of aryl methyl sites for hydroxylation is 2. The summed E-state index contributed by atoms with van der Waals surface area (Å²) in [6.45, 7) is 3.62. The molecule has 5 nitrogen and oxygen atoms in total. The van der Waals surface area contributed by atoms with Gasteiger partial charge in [0.25, 0.3) is 15.9 Å². The molecule has 0 unspecified atom stereocenters. The van der Waals surface area contributed by atoms with E-state index in [1.807, 2.05) is 6.92 Å². The van der Waals surface area contributed by atoms with Crippen molar-refractivity contribution in [1.29, 1.82) is 0 Å². The number of carbonyl (C=O) groups is 1. The van der Waals surface area contributed by atoms with Gasteiger partial charge in [0.1, 0.15) is 0 Å². The minimum Gasteiger partial charge on any atom is -0.321 e. The second kappa shape index (κ2) is 8.04. The second-order valence-corrected chi connectivity index (χ2v) is 8.47. The number of para-hydroxylation sites is 1. The predicted molar refractivity (Wildman–Crippen MR) is 113 cm³/mol. The van der Waals surface area contributed by atoms with E-state index in [1.165, 1.54) is 0 Å². The number of nitrogens with one attached hydrogen (secondary N) is 2. The van der Waals surface area contributed by atoms with Crippen LogP contribution < -0.4 is 10.0 Å². The normalized spacial score (nSPS) is 11.1. The largest absolute Gasteiger partial charge is 0.321 e. The fraction of sp³-hybridized carbons (Fsp3) is 0.0952. The average molecular weight is 415 g/mol. The third kappa shape index (κ3) is 4.52. The van der Waals surface area contributed by atoms with E-state index >= 15 is 0 Å². The van der Waals surface area contributed by atoms with Gasteiger partial charge in [0.05, 0.1) is 21.3 Å². The minimum absolute atomic E-state index is 0.179. The zero-order chi connectivity index (χ0) is 20.3. The molecule has 0 saturated carbocycles. The predicted octanol–water partition coefficient (Wildman–Crippen LogP) is 5.01. The van der Waals surface area contributed by atoms with Crippen LogP contribution in [0.1, 0.15) is 21.5 Å². The SMILES string of the molecule is Cc1ccc(S(=O)(=O)Nc2ccc(C(=O)Nc3ccccc3Cl)cc2C)cc1. The van der Waals surface area contributed by atoms with Crippen molar-refractivity contribution in [3.05, 3.63) is 88.4 Å². The first kappa shape index (κ1) is 19.9. The Hall–Kier alpha value is -2.83. The average Bonchev–Trinajstić information content (AvgIpc) is 2.65. The zero-order valence-corrected chi connectivity index (χ0v) is 16.9.